The lowest BCUT2D eigenvalue weighted by atomic mass is 9.94. The van der Waals surface area contributed by atoms with Crippen LogP contribution in [-0.2, 0) is 0 Å². The Hall–Kier alpha value is -4.12. The highest BCUT2D eigenvalue weighted by Gasteiger charge is 2.49. The predicted molar refractivity (Wildman–Crippen MR) is 175 cm³/mol. The first-order valence-corrected chi connectivity index (χ1v) is 16.9. The molecule has 0 radical (unpaired) electrons. The molecule has 3 N–H and O–H groups in total. The molecule has 4 aliphatic rings. The monoisotopic (exact) mass is 659 g/mol. The Morgan fingerprint density at radius 1 is 1.21 bits per heavy atom. The SMILES string of the molecule is Cc1cc2c(o1)c(-c1ccc(F)c3sc(N)c(C#N)c13)c(F)c1nc(OC[C@@]34CCCN3C[C@H](F)C4)nc(N3[C@@H]4CC[C@H]3CNC4)c12. The number of hydrogen-bond donors (Lipinski definition) is 2. The van der Waals surface area contributed by atoms with Crippen molar-refractivity contribution in [1.82, 2.24) is 20.2 Å². The molecule has 2 bridgehead atoms. The Morgan fingerprint density at radius 2 is 2.02 bits per heavy atom. The Bertz CT molecular complexity index is 2150. The Morgan fingerprint density at radius 3 is 2.81 bits per heavy atom. The maximum Gasteiger partial charge on any atom is 0.319 e. The van der Waals surface area contributed by atoms with E-state index in [4.69, 9.17) is 24.9 Å². The number of nitrogens with zero attached hydrogens (tertiary/aromatic N) is 5. The van der Waals surface area contributed by atoms with Crippen molar-refractivity contribution in [3.8, 4) is 23.2 Å². The molecule has 3 aromatic heterocycles. The minimum absolute atomic E-state index is 0.0279. The van der Waals surface area contributed by atoms with Crippen molar-refractivity contribution in [3.63, 3.8) is 0 Å². The lowest BCUT2D eigenvalue weighted by Crippen LogP contribution is -2.52. The highest BCUT2D eigenvalue weighted by Crippen LogP contribution is 2.49. The summed E-state index contributed by atoms with van der Waals surface area (Å²) in [7, 11) is 0. The van der Waals surface area contributed by atoms with Gasteiger partial charge in [0, 0.05) is 48.9 Å². The van der Waals surface area contributed by atoms with Gasteiger partial charge in [-0.05, 0) is 56.8 Å². The number of nitrogens with two attached hydrogens (primary N) is 1. The second-order valence-electron chi connectivity index (χ2n) is 13.4. The van der Waals surface area contributed by atoms with Gasteiger partial charge in [-0.2, -0.15) is 15.2 Å². The van der Waals surface area contributed by atoms with Crippen LogP contribution in [0.2, 0.25) is 0 Å². The molecule has 0 saturated carbocycles. The van der Waals surface area contributed by atoms with Gasteiger partial charge in [-0.3, -0.25) is 4.90 Å². The smallest absolute Gasteiger partial charge is 0.319 e. The third kappa shape index (κ3) is 4.20. The van der Waals surface area contributed by atoms with Crippen molar-refractivity contribution in [2.24, 2.45) is 0 Å². The molecule has 9 rings (SSSR count). The van der Waals surface area contributed by atoms with E-state index in [-0.39, 0.29) is 67.6 Å². The molecule has 0 spiro atoms. The molecule has 4 atom stereocenters. The summed E-state index contributed by atoms with van der Waals surface area (Å²) in [5, 5.41) is 15.0. The molecule has 4 fully saturated rings. The molecule has 5 aromatic rings. The van der Waals surface area contributed by atoms with Crippen LogP contribution >= 0.6 is 11.3 Å². The number of anilines is 2. The fourth-order valence-corrected chi connectivity index (χ4v) is 9.66. The van der Waals surface area contributed by atoms with Gasteiger partial charge in [-0.25, -0.2) is 13.2 Å². The number of piperazine rings is 1. The van der Waals surface area contributed by atoms with E-state index in [9.17, 15) is 9.65 Å². The molecule has 7 heterocycles. The van der Waals surface area contributed by atoms with E-state index in [1.165, 1.54) is 12.1 Å². The third-order valence-corrected chi connectivity index (χ3v) is 11.7. The van der Waals surface area contributed by atoms with E-state index < -0.39 is 23.3 Å². The van der Waals surface area contributed by atoms with Gasteiger partial charge in [0.2, 0.25) is 0 Å². The number of hydrogen-bond acceptors (Lipinski definition) is 10. The van der Waals surface area contributed by atoms with Gasteiger partial charge in [0.25, 0.3) is 0 Å². The summed E-state index contributed by atoms with van der Waals surface area (Å²) in [6, 6.07) is 6.98. The second kappa shape index (κ2) is 10.4. The first-order valence-electron chi connectivity index (χ1n) is 16.1. The Balaban J connectivity index is 1.30. The largest absolute Gasteiger partial charge is 0.461 e. The van der Waals surface area contributed by atoms with Crippen LogP contribution in [0.5, 0.6) is 6.01 Å². The fraction of sp³-hybridized carbons (Fsp3) is 0.441. The molecule has 13 heteroatoms. The number of halogens is 3. The van der Waals surface area contributed by atoms with Crippen molar-refractivity contribution in [1.29, 1.82) is 5.26 Å². The van der Waals surface area contributed by atoms with Gasteiger partial charge in [0.15, 0.2) is 5.82 Å². The maximum absolute atomic E-state index is 17.4. The average molecular weight is 660 g/mol. The van der Waals surface area contributed by atoms with Crippen molar-refractivity contribution in [2.75, 3.05) is 43.4 Å². The zero-order valence-electron chi connectivity index (χ0n) is 25.7. The summed E-state index contributed by atoms with van der Waals surface area (Å²) < 4.78 is 59.8. The van der Waals surface area contributed by atoms with Gasteiger partial charge < -0.3 is 25.1 Å². The first kappa shape index (κ1) is 29.1. The zero-order chi connectivity index (χ0) is 32.2. The molecule has 4 saturated heterocycles. The second-order valence-corrected chi connectivity index (χ2v) is 14.5. The minimum atomic E-state index is -0.918. The van der Waals surface area contributed by atoms with Crippen molar-refractivity contribution in [2.45, 2.75) is 62.8 Å². The average Bonchev–Trinajstić information content (AvgIpc) is 3.83. The zero-order valence-corrected chi connectivity index (χ0v) is 26.5. The molecule has 4 aliphatic heterocycles. The summed E-state index contributed by atoms with van der Waals surface area (Å²) in [6.45, 7) is 4.73. The van der Waals surface area contributed by atoms with Crippen LogP contribution in [0.4, 0.5) is 24.0 Å². The molecule has 0 aliphatic carbocycles. The van der Waals surface area contributed by atoms with Crippen LogP contribution in [0.1, 0.15) is 43.4 Å². The van der Waals surface area contributed by atoms with Crippen LogP contribution in [-0.4, -0.2) is 71.4 Å². The number of aromatic nitrogens is 2. The first-order chi connectivity index (χ1) is 22.8. The number of alkyl halides is 1. The number of rotatable bonds is 5. The van der Waals surface area contributed by atoms with E-state index in [1.54, 1.807) is 6.92 Å². The summed E-state index contributed by atoms with van der Waals surface area (Å²) in [4.78, 5) is 14.1. The number of furan rings is 1. The Labute approximate surface area is 272 Å². The van der Waals surface area contributed by atoms with E-state index in [0.29, 0.717) is 35.3 Å². The van der Waals surface area contributed by atoms with Crippen LogP contribution in [0.3, 0.4) is 0 Å². The Kier molecular flexibility index (Phi) is 6.45. The highest BCUT2D eigenvalue weighted by molar-refractivity contribution is 7.23. The van der Waals surface area contributed by atoms with Crippen LogP contribution in [0.15, 0.2) is 22.6 Å². The topological polar surface area (TPSA) is 116 Å². The summed E-state index contributed by atoms with van der Waals surface area (Å²) >= 11 is 0.954. The highest BCUT2D eigenvalue weighted by atomic mass is 32.1. The molecular formula is C34H32F3N7O2S. The number of nitriles is 1. The molecule has 242 valence electrons. The molecule has 0 unspecified atom stereocenters. The van der Waals surface area contributed by atoms with Gasteiger partial charge in [0.1, 0.15) is 52.3 Å². The van der Waals surface area contributed by atoms with Crippen molar-refractivity contribution < 1.29 is 22.3 Å². The summed E-state index contributed by atoms with van der Waals surface area (Å²) in [6.07, 6.45) is 3.17. The summed E-state index contributed by atoms with van der Waals surface area (Å²) in [5.41, 5.74) is 6.45. The summed E-state index contributed by atoms with van der Waals surface area (Å²) in [5.74, 6) is -0.113. The van der Waals surface area contributed by atoms with Gasteiger partial charge >= 0.3 is 6.01 Å². The fourth-order valence-electron chi connectivity index (χ4n) is 8.71. The van der Waals surface area contributed by atoms with Gasteiger partial charge in [0.05, 0.1) is 26.8 Å². The standard InChI is InChI=1S/C34H32F3N7O2S/c1-16-9-21-26-28(27(37)25(29(21)46-16)20-5-6-23(36)30-24(20)22(11-38)31(39)47-30)41-33(42-32(26)44-18-3-4-19(44)13-40-12-18)45-15-34-7-2-8-43(34)14-17(35)10-34/h5-6,9,17-19,40H,2-4,7-8,10,12-15,39H2,1H3/t17-,18-,19+,34+/m1/s1. The lowest BCUT2D eigenvalue weighted by Gasteiger charge is -2.37. The van der Waals surface area contributed by atoms with E-state index >= 15 is 8.78 Å². The van der Waals surface area contributed by atoms with E-state index in [0.717, 1.165) is 56.7 Å². The molecular weight excluding hydrogens is 627 g/mol. The van der Waals surface area contributed by atoms with Crippen molar-refractivity contribution in [3.05, 3.63) is 41.2 Å². The number of thiophene rings is 1. The molecule has 9 nitrogen and oxygen atoms in total. The number of ether oxygens (including phenoxy) is 1. The van der Waals surface area contributed by atoms with Crippen LogP contribution in [0.25, 0.3) is 43.1 Å². The predicted octanol–water partition coefficient (Wildman–Crippen LogP) is 6.19. The number of nitrogens with one attached hydrogen (secondary N) is 1. The number of benzene rings is 2. The number of aryl methyl sites for hydroxylation is 1. The quantitative estimate of drug-likeness (QED) is 0.228. The van der Waals surface area contributed by atoms with Gasteiger partial charge in [-0.1, -0.05) is 6.07 Å². The van der Waals surface area contributed by atoms with Gasteiger partial charge in [-0.15, -0.1) is 11.3 Å². The lowest BCUT2D eigenvalue weighted by molar-refractivity contribution is 0.107. The molecule has 0 amide bonds. The number of nitrogen functional groups attached to an aromatic ring is 1. The normalized spacial score (nSPS) is 25.8. The molecule has 2 aromatic carbocycles. The number of fused-ring (bicyclic) bond motifs is 7. The third-order valence-electron chi connectivity index (χ3n) is 10.7. The van der Waals surface area contributed by atoms with Crippen LogP contribution in [0, 0.1) is 29.9 Å². The van der Waals surface area contributed by atoms with Crippen LogP contribution < -0.4 is 20.7 Å². The maximum atomic E-state index is 17.4. The van der Waals surface area contributed by atoms with E-state index in [2.05, 4.69) is 21.2 Å². The van der Waals surface area contributed by atoms with Crippen molar-refractivity contribution >= 4 is 54.1 Å². The minimum Gasteiger partial charge on any atom is -0.461 e. The molecule has 47 heavy (non-hydrogen) atoms. The van der Waals surface area contributed by atoms with E-state index in [1.807, 2.05) is 6.07 Å².